The summed E-state index contributed by atoms with van der Waals surface area (Å²) in [6, 6.07) is 0. The highest BCUT2D eigenvalue weighted by Crippen LogP contribution is 1.47. The second-order valence-corrected chi connectivity index (χ2v) is 1.34. The van der Waals surface area contributed by atoms with Crippen molar-refractivity contribution in [3.63, 3.8) is 0 Å². The van der Waals surface area contributed by atoms with Crippen LogP contribution in [0.3, 0.4) is 0 Å². The largest absolute Gasteiger partial charge is 0.312 e. The van der Waals surface area contributed by atoms with Gasteiger partial charge < -0.3 is 4.90 Å². The van der Waals surface area contributed by atoms with Gasteiger partial charge in [0.15, 0.2) is 0 Å². The topological polar surface area (TPSA) is 3.24 Å². The number of nitrogens with zero attached hydrogens (tertiary/aromatic N) is 1. The van der Waals surface area contributed by atoms with Gasteiger partial charge in [-0.25, -0.2) is 0 Å². The van der Waals surface area contributed by atoms with Gasteiger partial charge in [-0.05, 0) is 21.1 Å². The van der Waals surface area contributed by atoms with Gasteiger partial charge in [-0.15, -0.1) is 0 Å². The van der Waals surface area contributed by atoms with Crippen LogP contribution in [0.2, 0.25) is 0 Å². The molecule has 0 heterocycles. The minimum Gasteiger partial charge on any atom is -0.312 e. The average Bonchev–Trinajstić information content (AvgIpc) is 0.811. The zero-order chi connectivity index (χ0) is 3.58. The molecule has 0 aromatic heterocycles. The van der Waals surface area contributed by atoms with Crippen LogP contribution in [0.15, 0.2) is 0 Å². The summed E-state index contributed by atoms with van der Waals surface area (Å²) in [5.41, 5.74) is 0. The van der Waals surface area contributed by atoms with E-state index >= 15 is 0 Å². The van der Waals surface area contributed by atoms with Crippen molar-refractivity contribution < 1.29 is 14.1 Å². The molecule has 4 heteroatoms. The second-order valence-electron chi connectivity index (χ2n) is 1.34. The first-order valence-corrected chi connectivity index (χ1v) is 1.34. The van der Waals surface area contributed by atoms with Crippen LogP contribution < -0.4 is 0 Å². The Morgan fingerprint density at radius 2 is 0.714 bits per heavy atom. The van der Waals surface area contributed by atoms with Crippen LogP contribution in [0.5, 0.6) is 0 Å². The molecule has 0 aliphatic heterocycles. The molecule has 0 bridgehead atoms. The number of hydrogen-bond acceptors (Lipinski definition) is 1. The summed E-state index contributed by atoms with van der Waals surface area (Å²) in [4.78, 5) is 2.00. The van der Waals surface area contributed by atoms with E-state index in [1.165, 1.54) is 0 Å². The molecule has 1 nitrogen and oxygen atoms in total. The van der Waals surface area contributed by atoms with Gasteiger partial charge in [-0.1, -0.05) is 0 Å². The van der Waals surface area contributed by atoms with Crippen molar-refractivity contribution in [2.75, 3.05) is 21.1 Å². The monoisotopic (exact) mass is 119 g/mol. The fourth-order valence-corrected chi connectivity index (χ4v) is 0. The van der Waals surface area contributed by atoms with Crippen molar-refractivity contribution in [1.29, 1.82) is 0 Å². The van der Waals surface area contributed by atoms with E-state index in [9.17, 15) is 0 Å². The van der Waals surface area contributed by atoms with Crippen LogP contribution >= 0.6 is 0 Å². The molecule has 0 fully saturated rings. The SMILES string of the molecule is CN(C)C.F.F.F. The first kappa shape index (κ1) is 29.5. The minimum absolute atomic E-state index is 0. The quantitative estimate of drug-likeness (QED) is 0.452. The smallest absolute Gasteiger partial charge is 0.0140 e. The van der Waals surface area contributed by atoms with E-state index in [0.717, 1.165) is 0 Å². The van der Waals surface area contributed by atoms with E-state index in [0.29, 0.717) is 0 Å². The van der Waals surface area contributed by atoms with Gasteiger partial charge in [0.2, 0.25) is 0 Å². The lowest BCUT2D eigenvalue weighted by Gasteiger charge is -1.90. The lowest BCUT2D eigenvalue weighted by molar-refractivity contribution is 0.505. The maximum Gasteiger partial charge on any atom is -0.0140 e. The van der Waals surface area contributed by atoms with Gasteiger partial charge in [0, 0.05) is 0 Å². The van der Waals surface area contributed by atoms with Gasteiger partial charge in [0.05, 0.1) is 0 Å². The van der Waals surface area contributed by atoms with Crippen LogP contribution in [0.25, 0.3) is 0 Å². The molecule has 50 valence electrons. The summed E-state index contributed by atoms with van der Waals surface area (Å²) in [7, 11) is 6.00. The molecule has 0 aromatic carbocycles. The number of hydrogen-bond donors (Lipinski definition) is 0. The molecular weight excluding hydrogens is 107 g/mol. The van der Waals surface area contributed by atoms with Crippen molar-refractivity contribution in [2.24, 2.45) is 0 Å². The maximum atomic E-state index is 2.00. The Labute approximate surface area is 41.4 Å². The Hall–Kier alpha value is -0.250. The zero-order valence-corrected chi connectivity index (χ0v) is 4.67. The Bertz CT molecular complexity index is 14.9. The Morgan fingerprint density at radius 1 is 0.714 bits per heavy atom. The molecule has 0 radical (unpaired) electrons. The van der Waals surface area contributed by atoms with Crippen LogP contribution in [0.1, 0.15) is 0 Å². The van der Waals surface area contributed by atoms with E-state index in [1.54, 1.807) is 0 Å². The van der Waals surface area contributed by atoms with Crippen LogP contribution in [-0.4, -0.2) is 26.0 Å². The first-order valence-electron chi connectivity index (χ1n) is 1.34. The molecular formula is C3H12F3N. The van der Waals surface area contributed by atoms with E-state index in [2.05, 4.69) is 0 Å². The summed E-state index contributed by atoms with van der Waals surface area (Å²) in [5.74, 6) is 0. The van der Waals surface area contributed by atoms with Crippen molar-refractivity contribution in [3.8, 4) is 0 Å². The van der Waals surface area contributed by atoms with Crippen LogP contribution in [0.4, 0.5) is 14.1 Å². The van der Waals surface area contributed by atoms with Crippen molar-refractivity contribution in [1.82, 2.24) is 4.90 Å². The van der Waals surface area contributed by atoms with E-state index in [-0.39, 0.29) is 14.1 Å². The van der Waals surface area contributed by atoms with Gasteiger partial charge in [0.1, 0.15) is 0 Å². The summed E-state index contributed by atoms with van der Waals surface area (Å²) < 4.78 is 0. The highest BCUT2D eigenvalue weighted by Gasteiger charge is 1.58. The van der Waals surface area contributed by atoms with E-state index < -0.39 is 0 Å². The lowest BCUT2D eigenvalue weighted by Crippen LogP contribution is -1.99. The predicted molar refractivity (Wildman–Crippen MR) is 27.1 cm³/mol. The third-order valence-corrected chi connectivity index (χ3v) is 0. The molecule has 0 aliphatic rings. The molecule has 0 N–H and O–H groups in total. The average molecular weight is 119 g/mol. The fraction of sp³-hybridized carbons (Fsp3) is 1.00. The summed E-state index contributed by atoms with van der Waals surface area (Å²) in [5, 5.41) is 0. The van der Waals surface area contributed by atoms with Gasteiger partial charge in [-0.2, -0.15) is 0 Å². The fourth-order valence-electron chi connectivity index (χ4n) is 0. The molecule has 0 amide bonds. The van der Waals surface area contributed by atoms with Gasteiger partial charge in [-0.3, -0.25) is 14.1 Å². The molecule has 0 saturated heterocycles. The maximum absolute atomic E-state index is 2.00. The van der Waals surface area contributed by atoms with Crippen LogP contribution in [-0.2, 0) is 0 Å². The molecule has 0 atom stereocenters. The standard InChI is InChI=1S/C3H9N.3FH/c1-4(2)3;;;/h1-3H3;3*1H. The van der Waals surface area contributed by atoms with Crippen molar-refractivity contribution in [3.05, 3.63) is 0 Å². The Balaban J connectivity index is -0.0000000150. The molecule has 0 unspecified atom stereocenters. The summed E-state index contributed by atoms with van der Waals surface area (Å²) in [6.07, 6.45) is 0. The molecule has 0 rings (SSSR count). The molecule has 7 heavy (non-hydrogen) atoms. The highest BCUT2D eigenvalue weighted by atomic mass is 19.0. The highest BCUT2D eigenvalue weighted by molar-refractivity contribution is 4.09. The van der Waals surface area contributed by atoms with E-state index in [4.69, 9.17) is 0 Å². The van der Waals surface area contributed by atoms with Gasteiger partial charge in [0.25, 0.3) is 0 Å². The van der Waals surface area contributed by atoms with Crippen LogP contribution in [0, 0.1) is 0 Å². The van der Waals surface area contributed by atoms with Gasteiger partial charge >= 0.3 is 0 Å². The number of rotatable bonds is 0. The molecule has 0 aliphatic carbocycles. The minimum atomic E-state index is 0. The zero-order valence-electron chi connectivity index (χ0n) is 4.67. The normalized spacial score (nSPS) is 5.14. The lowest BCUT2D eigenvalue weighted by atomic mass is 11.0. The summed E-state index contributed by atoms with van der Waals surface area (Å²) >= 11 is 0. The van der Waals surface area contributed by atoms with Crippen molar-refractivity contribution >= 4 is 0 Å². The Kier molecular flexibility index (Phi) is 72.3. The van der Waals surface area contributed by atoms with Crippen molar-refractivity contribution in [2.45, 2.75) is 0 Å². The molecule has 0 aromatic rings. The number of halogens is 3. The predicted octanol–water partition coefficient (Wildman–Crippen LogP) is 0.635. The third-order valence-electron chi connectivity index (χ3n) is 0. The molecule has 0 spiro atoms. The Morgan fingerprint density at radius 3 is 0.714 bits per heavy atom. The summed E-state index contributed by atoms with van der Waals surface area (Å²) in [6.45, 7) is 0. The second kappa shape index (κ2) is 17.2. The molecule has 0 saturated carbocycles. The first-order chi connectivity index (χ1) is 1.73. The van der Waals surface area contributed by atoms with E-state index in [1.807, 2.05) is 26.0 Å². The third kappa shape index (κ3) is 1290.